The summed E-state index contributed by atoms with van der Waals surface area (Å²) in [4.78, 5) is 11.2. The quantitative estimate of drug-likeness (QED) is 0.646. The minimum absolute atomic E-state index is 0.00489. The highest BCUT2D eigenvalue weighted by atomic mass is 35.5. The molecule has 0 unspecified atom stereocenters. The van der Waals surface area contributed by atoms with Gasteiger partial charge in [0.05, 0.1) is 18.6 Å². The van der Waals surface area contributed by atoms with E-state index in [1.54, 1.807) is 0 Å². The van der Waals surface area contributed by atoms with Gasteiger partial charge in [-0.2, -0.15) is 0 Å². The van der Waals surface area contributed by atoms with Gasteiger partial charge in [0.15, 0.2) is 0 Å². The Morgan fingerprint density at radius 3 is 2.53 bits per heavy atom. The molecule has 1 saturated heterocycles. The number of carboxylic acids is 1. The average molecular weight is 429 g/mol. The summed E-state index contributed by atoms with van der Waals surface area (Å²) < 4.78 is 13.2. The number of benzene rings is 2. The normalized spacial score (nSPS) is 27.1. The van der Waals surface area contributed by atoms with E-state index in [-0.39, 0.29) is 30.5 Å². The summed E-state index contributed by atoms with van der Waals surface area (Å²) in [6.07, 6.45) is 0.866. The van der Waals surface area contributed by atoms with E-state index in [0.29, 0.717) is 5.92 Å². The summed E-state index contributed by atoms with van der Waals surface area (Å²) in [5, 5.41) is 9.94. The van der Waals surface area contributed by atoms with E-state index in [4.69, 9.17) is 21.1 Å². The summed E-state index contributed by atoms with van der Waals surface area (Å²) in [7, 11) is 0. The molecule has 2 aliphatic heterocycles. The molecule has 160 valence electrons. The highest BCUT2D eigenvalue weighted by molar-refractivity contribution is 6.30. The summed E-state index contributed by atoms with van der Waals surface area (Å²) in [6, 6.07) is 13.8. The van der Waals surface area contributed by atoms with Crippen molar-refractivity contribution in [2.75, 3.05) is 0 Å². The van der Waals surface area contributed by atoms with Gasteiger partial charge in [-0.3, -0.25) is 4.79 Å². The van der Waals surface area contributed by atoms with Gasteiger partial charge in [0.25, 0.3) is 0 Å². The average Bonchev–Trinajstić information content (AvgIpc) is 2.67. The van der Waals surface area contributed by atoms with Gasteiger partial charge in [0.2, 0.25) is 0 Å². The van der Waals surface area contributed by atoms with Crippen LogP contribution >= 0.6 is 11.6 Å². The lowest BCUT2D eigenvalue weighted by molar-refractivity contribution is -0.169. The van der Waals surface area contributed by atoms with Crippen LogP contribution < -0.4 is 4.74 Å². The molecule has 5 heteroatoms. The van der Waals surface area contributed by atoms with E-state index in [1.165, 1.54) is 5.56 Å². The van der Waals surface area contributed by atoms with Crippen LogP contribution in [-0.4, -0.2) is 22.8 Å². The third-order valence-electron chi connectivity index (χ3n) is 6.53. The van der Waals surface area contributed by atoms with Crippen molar-refractivity contribution in [1.29, 1.82) is 0 Å². The number of carbonyl (C=O) groups is 1. The van der Waals surface area contributed by atoms with Crippen molar-refractivity contribution in [2.24, 2.45) is 11.8 Å². The first-order chi connectivity index (χ1) is 14.2. The number of halogens is 1. The third kappa shape index (κ3) is 3.95. The van der Waals surface area contributed by atoms with Gasteiger partial charge in [-0.15, -0.1) is 0 Å². The number of hydrogen-bond donors (Lipinski definition) is 1. The molecule has 2 aromatic rings. The van der Waals surface area contributed by atoms with E-state index in [9.17, 15) is 9.90 Å². The Morgan fingerprint density at radius 2 is 1.90 bits per heavy atom. The van der Waals surface area contributed by atoms with E-state index >= 15 is 0 Å². The number of ether oxygens (including phenoxy) is 2. The molecule has 4 atom stereocenters. The van der Waals surface area contributed by atoms with E-state index < -0.39 is 11.6 Å². The third-order valence-corrected chi connectivity index (χ3v) is 6.78. The zero-order valence-corrected chi connectivity index (χ0v) is 18.6. The molecule has 2 aromatic carbocycles. The molecule has 1 fully saturated rings. The fourth-order valence-corrected chi connectivity index (χ4v) is 5.17. The molecule has 2 heterocycles. The zero-order chi connectivity index (χ0) is 21.6. The Morgan fingerprint density at radius 1 is 1.20 bits per heavy atom. The topological polar surface area (TPSA) is 55.8 Å². The van der Waals surface area contributed by atoms with Gasteiger partial charge < -0.3 is 14.6 Å². The molecule has 4 nitrogen and oxygen atoms in total. The second-order valence-electron chi connectivity index (χ2n) is 9.41. The highest BCUT2D eigenvalue weighted by Crippen LogP contribution is 2.54. The molecule has 0 spiro atoms. The van der Waals surface area contributed by atoms with Gasteiger partial charge in [-0.1, -0.05) is 43.6 Å². The molecule has 4 rings (SSSR count). The van der Waals surface area contributed by atoms with Gasteiger partial charge in [-0.05, 0) is 61.6 Å². The van der Waals surface area contributed by atoms with E-state index in [0.717, 1.165) is 28.3 Å². The second-order valence-corrected chi connectivity index (χ2v) is 9.85. The van der Waals surface area contributed by atoms with Crippen LogP contribution in [0.1, 0.15) is 62.8 Å². The van der Waals surface area contributed by atoms with Crippen molar-refractivity contribution in [2.45, 2.75) is 64.3 Å². The summed E-state index contributed by atoms with van der Waals surface area (Å²) in [6.45, 7) is 8.63. The van der Waals surface area contributed by atoms with Gasteiger partial charge in [-0.25, -0.2) is 0 Å². The maximum absolute atomic E-state index is 11.2. The fraction of sp³-hybridized carbons (Fsp3) is 0.480. The first kappa shape index (κ1) is 21.2. The monoisotopic (exact) mass is 428 g/mol. The zero-order valence-electron chi connectivity index (χ0n) is 17.9. The predicted octanol–water partition coefficient (Wildman–Crippen LogP) is 6.02. The van der Waals surface area contributed by atoms with Crippen molar-refractivity contribution in [3.05, 3.63) is 64.2 Å². The Kier molecular flexibility index (Phi) is 5.58. The van der Waals surface area contributed by atoms with Crippen LogP contribution in [0.3, 0.4) is 0 Å². The van der Waals surface area contributed by atoms with Crippen molar-refractivity contribution >= 4 is 17.6 Å². The maximum atomic E-state index is 11.2. The highest BCUT2D eigenvalue weighted by Gasteiger charge is 2.51. The van der Waals surface area contributed by atoms with Crippen molar-refractivity contribution in [3.63, 3.8) is 0 Å². The number of aliphatic carboxylic acids is 1. The largest absolute Gasteiger partial charge is 0.487 e. The number of carboxylic acid groups (broad SMARTS) is 1. The van der Waals surface area contributed by atoms with Crippen molar-refractivity contribution in [1.82, 2.24) is 0 Å². The van der Waals surface area contributed by atoms with Crippen LogP contribution in [0.25, 0.3) is 0 Å². The van der Waals surface area contributed by atoms with Gasteiger partial charge in [0.1, 0.15) is 11.4 Å². The minimum atomic E-state index is -0.837. The van der Waals surface area contributed by atoms with E-state index in [2.05, 4.69) is 39.8 Å². The van der Waals surface area contributed by atoms with Crippen LogP contribution in [0, 0.1) is 11.8 Å². The molecule has 0 aromatic heterocycles. The first-order valence-corrected chi connectivity index (χ1v) is 11.0. The first-order valence-electron chi connectivity index (χ1n) is 10.6. The van der Waals surface area contributed by atoms with Gasteiger partial charge >= 0.3 is 5.97 Å². The van der Waals surface area contributed by atoms with Crippen molar-refractivity contribution < 1.29 is 19.4 Å². The Labute approximate surface area is 183 Å². The standard InChI is InChI=1S/C25H29ClO4/c1-14(2)23-18(16-6-8-17(26)9-7-16)13-20-24(29-23)19-11-15(12-22(27)28)5-10-21(19)30-25(20,3)4/h5-11,14,18,20,23-24H,12-13H2,1-4H3,(H,27,28)/t18-,20+,23+,24-/m1/s1. The van der Waals surface area contributed by atoms with Crippen LogP contribution in [0.15, 0.2) is 42.5 Å². The molecule has 1 N–H and O–H groups in total. The summed E-state index contributed by atoms with van der Waals surface area (Å²) >= 11 is 6.12. The SMILES string of the molecule is CC(C)[C@@H]1O[C@@H]2c3cc(CC(=O)O)ccc3OC(C)(C)[C@H]2C[C@@H]1c1ccc(Cl)cc1. The van der Waals surface area contributed by atoms with Crippen LogP contribution in [-0.2, 0) is 16.0 Å². The number of fused-ring (bicyclic) bond motifs is 3. The van der Waals surface area contributed by atoms with Crippen LogP contribution in [0.5, 0.6) is 5.75 Å². The Hall–Kier alpha value is -2.04. The molecule has 0 bridgehead atoms. The van der Waals surface area contributed by atoms with Crippen LogP contribution in [0.4, 0.5) is 0 Å². The van der Waals surface area contributed by atoms with E-state index in [1.807, 2.05) is 30.3 Å². The molecule has 0 aliphatic carbocycles. The maximum Gasteiger partial charge on any atom is 0.307 e. The molecule has 2 aliphatic rings. The lowest BCUT2D eigenvalue weighted by Gasteiger charge is -2.52. The van der Waals surface area contributed by atoms with Gasteiger partial charge in [0, 0.05) is 22.4 Å². The van der Waals surface area contributed by atoms with Crippen molar-refractivity contribution in [3.8, 4) is 5.75 Å². The number of hydrogen-bond acceptors (Lipinski definition) is 3. The molecule has 0 amide bonds. The Balaban J connectivity index is 1.74. The lowest BCUT2D eigenvalue weighted by Crippen LogP contribution is -2.51. The molecular weight excluding hydrogens is 400 g/mol. The summed E-state index contributed by atoms with van der Waals surface area (Å²) in [5.74, 6) is 0.693. The molecule has 0 radical (unpaired) electrons. The Bertz CT molecular complexity index is 935. The summed E-state index contributed by atoms with van der Waals surface area (Å²) in [5.41, 5.74) is 2.59. The predicted molar refractivity (Wildman–Crippen MR) is 117 cm³/mol. The molecule has 0 saturated carbocycles. The molecular formula is C25H29ClO4. The van der Waals surface area contributed by atoms with Crippen LogP contribution in [0.2, 0.25) is 5.02 Å². The minimum Gasteiger partial charge on any atom is -0.487 e. The second kappa shape index (κ2) is 7.90. The lowest BCUT2D eigenvalue weighted by atomic mass is 9.69. The number of rotatable bonds is 4. The smallest absolute Gasteiger partial charge is 0.307 e. The molecule has 30 heavy (non-hydrogen) atoms. The fourth-order valence-electron chi connectivity index (χ4n) is 5.04.